The molecule has 3 aromatic rings. The average Bonchev–Trinajstić information content (AvgIpc) is 3.05. The van der Waals surface area contributed by atoms with E-state index in [4.69, 9.17) is 16.3 Å². The van der Waals surface area contributed by atoms with Gasteiger partial charge in [-0.25, -0.2) is 4.79 Å². The molecule has 11 heteroatoms. The van der Waals surface area contributed by atoms with E-state index in [1.807, 2.05) is 18.2 Å². The minimum absolute atomic E-state index is 0.0391. The van der Waals surface area contributed by atoms with Gasteiger partial charge >= 0.3 is 6.09 Å². The lowest BCUT2D eigenvalue weighted by molar-refractivity contribution is 0.0748. The van der Waals surface area contributed by atoms with Crippen molar-refractivity contribution in [1.82, 2.24) is 20.4 Å². The van der Waals surface area contributed by atoms with Gasteiger partial charge < -0.3 is 20.3 Å². The maximum atomic E-state index is 12.9. The van der Waals surface area contributed by atoms with E-state index >= 15 is 0 Å². The van der Waals surface area contributed by atoms with Crippen LogP contribution in [0.3, 0.4) is 0 Å². The Morgan fingerprint density at radius 2 is 1.83 bits per heavy atom. The molecule has 0 bridgehead atoms. The SMILES string of the molecule is O=C(N[C@@H]1CCCCN(C(=O)c2ccccc2)C1)Oc1n[nH]c(NC(=O)c2ccccc2Cl)c1Br. The third-order valence-corrected chi connectivity index (χ3v) is 6.59. The molecule has 9 nitrogen and oxygen atoms in total. The molecule has 1 aromatic heterocycles. The predicted octanol–water partition coefficient (Wildman–Crippen LogP) is 4.86. The molecular formula is C24H23BrClN5O4. The summed E-state index contributed by atoms with van der Waals surface area (Å²) in [6, 6.07) is 15.4. The number of hydrogen-bond donors (Lipinski definition) is 3. The zero-order valence-electron chi connectivity index (χ0n) is 18.6. The van der Waals surface area contributed by atoms with Gasteiger partial charge in [-0.05, 0) is 59.5 Å². The number of ether oxygens (including phenoxy) is 1. The first kappa shape index (κ1) is 24.7. The zero-order valence-corrected chi connectivity index (χ0v) is 20.9. The van der Waals surface area contributed by atoms with Crippen molar-refractivity contribution >= 4 is 51.3 Å². The molecule has 0 radical (unpaired) electrons. The van der Waals surface area contributed by atoms with E-state index in [9.17, 15) is 14.4 Å². The molecule has 3 N–H and O–H groups in total. The van der Waals surface area contributed by atoms with Crippen LogP contribution >= 0.6 is 27.5 Å². The largest absolute Gasteiger partial charge is 0.414 e. The Bertz CT molecular complexity index is 1220. The number of aromatic amines is 1. The highest BCUT2D eigenvalue weighted by Gasteiger charge is 2.25. The number of H-pyrrole nitrogens is 1. The van der Waals surface area contributed by atoms with Gasteiger partial charge in [0, 0.05) is 24.7 Å². The highest BCUT2D eigenvalue weighted by Crippen LogP contribution is 2.30. The number of anilines is 1. The van der Waals surface area contributed by atoms with Crippen LogP contribution in [0.4, 0.5) is 10.6 Å². The molecule has 1 fully saturated rings. The molecule has 1 aliphatic rings. The van der Waals surface area contributed by atoms with Gasteiger partial charge in [0.05, 0.1) is 10.6 Å². The van der Waals surface area contributed by atoms with Gasteiger partial charge in [0.2, 0.25) is 0 Å². The lowest BCUT2D eigenvalue weighted by atomic mass is 10.1. The van der Waals surface area contributed by atoms with Gasteiger partial charge in [0.1, 0.15) is 10.3 Å². The molecule has 3 amide bonds. The Balaban J connectivity index is 1.36. The fraction of sp³-hybridized carbons (Fsp3) is 0.250. The number of hydrogen-bond acceptors (Lipinski definition) is 5. The van der Waals surface area contributed by atoms with Gasteiger partial charge in [0.15, 0.2) is 0 Å². The number of rotatable bonds is 5. The Labute approximate surface area is 215 Å². The zero-order chi connectivity index (χ0) is 24.8. The molecule has 0 unspecified atom stereocenters. The van der Waals surface area contributed by atoms with E-state index in [0.717, 1.165) is 12.8 Å². The second-order valence-corrected chi connectivity index (χ2v) is 9.20. The number of likely N-dealkylation sites (tertiary alicyclic amines) is 1. The summed E-state index contributed by atoms with van der Waals surface area (Å²) >= 11 is 9.36. The van der Waals surface area contributed by atoms with Crippen LogP contribution in [0.5, 0.6) is 5.88 Å². The maximum Gasteiger partial charge on any atom is 0.414 e. The topological polar surface area (TPSA) is 116 Å². The first-order valence-electron chi connectivity index (χ1n) is 11.0. The molecule has 0 saturated carbocycles. The summed E-state index contributed by atoms with van der Waals surface area (Å²) in [5, 5.41) is 12.3. The second-order valence-electron chi connectivity index (χ2n) is 8.00. The first-order valence-corrected chi connectivity index (χ1v) is 12.2. The van der Waals surface area contributed by atoms with Crippen LogP contribution < -0.4 is 15.4 Å². The highest BCUT2D eigenvalue weighted by atomic mass is 79.9. The summed E-state index contributed by atoms with van der Waals surface area (Å²) < 4.78 is 5.61. The number of nitrogens with zero attached hydrogens (tertiary/aromatic N) is 2. The Morgan fingerprint density at radius 3 is 2.60 bits per heavy atom. The van der Waals surface area contributed by atoms with Crippen LogP contribution in [-0.4, -0.2) is 52.1 Å². The fourth-order valence-corrected chi connectivity index (χ4v) is 4.36. The van der Waals surface area contributed by atoms with E-state index in [0.29, 0.717) is 35.7 Å². The number of halogens is 2. The molecule has 0 spiro atoms. The minimum Gasteiger partial charge on any atom is -0.388 e. The second kappa shape index (κ2) is 11.4. The molecule has 0 aliphatic carbocycles. The van der Waals surface area contributed by atoms with Crippen LogP contribution in [0.15, 0.2) is 59.1 Å². The quantitative estimate of drug-likeness (QED) is 0.412. The van der Waals surface area contributed by atoms with Gasteiger partial charge in [-0.1, -0.05) is 41.9 Å². The fourth-order valence-electron chi connectivity index (χ4n) is 3.78. The Kier molecular flexibility index (Phi) is 8.04. The monoisotopic (exact) mass is 559 g/mol. The molecule has 35 heavy (non-hydrogen) atoms. The van der Waals surface area contributed by atoms with Crippen molar-refractivity contribution < 1.29 is 19.1 Å². The average molecular weight is 561 g/mol. The molecule has 182 valence electrons. The Morgan fingerprint density at radius 1 is 1.09 bits per heavy atom. The van der Waals surface area contributed by atoms with Crippen molar-refractivity contribution in [1.29, 1.82) is 0 Å². The number of carbonyl (C=O) groups is 3. The van der Waals surface area contributed by atoms with Gasteiger partial charge in [0.25, 0.3) is 17.7 Å². The van der Waals surface area contributed by atoms with Crippen molar-refractivity contribution in [2.24, 2.45) is 0 Å². The summed E-state index contributed by atoms with van der Waals surface area (Å²) in [6.07, 6.45) is 1.73. The van der Waals surface area contributed by atoms with Crippen LogP contribution in [0.2, 0.25) is 5.02 Å². The van der Waals surface area contributed by atoms with Crippen LogP contribution in [0.25, 0.3) is 0 Å². The number of benzene rings is 2. The van der Waals surface area contributed by atoms with Crippen molar-refractivity contribution in [2.75, 3.05) is 18.4 Å². The van der Waals surface area contributed by atoms with Gasteiger partial charge in [-0.2, -0.15) is 0 Å². The summed E-state index contributed by atoms with van der Waals surface area (Å²) in [6.45, 7) is 1.00. The van der Waals surface area contributed by atoms with Crippen LogP contribution in [-0.2, 0) is 0 Å². The lowest BCUT2D eigenvalue weighted by Crippen LogP contribution is -2.45. The smallest absolute Gasteiger partial charge is 0.388 e. The third kappa shape index (κ3) is 6.20. The van der Waals surface area contributed by atoms with Crippen molar-refractivity contribution in [3.8, 4) is 5.88 Å². The van der Waals surface area contributed by atoms with E-state index in [-0.39, 0.29) is 28.1 Å². The molecule has 2 aromatic carbocycles. The normalized spacial score (nSPS) is 15.7. The van der Waals surface area contributed by atoms with Crippen molar-refractivity contribution in [3.05, 3.63) is 75.2 Å². The molecule has 1 saturated heterocycles. The summed E-state index contributed by atoms with van der Waals surface area (Å²) in [5.41, 5.74) is 0.904. The van der Waals surface area contributed by atoms with Gasteiger partial charge in [-0.3, -0.25) is 14.7 Å². The third-order valence-electron chi connectivity index (χ3n) is 5.52. The highest BCUT2D eigenvalue weighted by molar-refractivity contribution is 9.10. The Hall–Kier alpha value is -3.37. The number of aromatic nitrogens is 2. The number of carbonyl (C=O) groups excluding carboxylic acids is 3. The van der Waals surface area contributed by atoms with Crippen LogP contribution in [0.1, 0.15) is 40.0 Å². The predicted molar refractivity (Wildman–Crippen MR) is 135 cm³/mol. The first-order chi connectivity index (χ1) is 16.9. The summed E-state index contributed by atoms with van der Waals surface area (Å²) in [4.78, 5) is 39.7. The van der Waals surface area contributed by atoms with Crippen molar-refractivity contribution in [3.63, 3.8) is 0 Å². The standard InChI is InChI=1S/C24H23BrClN5O4/c25-19-20(28-21(32)17-11-4-5-12-18(17)26)29-30-22(19)35-24(34)27-16-10-6-7-13-31(14-16)23(33)15-8-2-1-3-9-15/h1-5,8-9,11-12,16H,6-7,10,13-14H2,(H,27,34)(H2,28,29,30,32)/t16-/m1/s1. The molecular weight excluding hydrogens is 538 g/mol. The van der Waals surface area contributed by atoms with E-state index < -0.39 is 12.0 Å². The molecule has 2 heterocycles. The van der Waals surface area contributed by atoms with Gasteiger partial charge in [-0.15, -0.1) is 5.10 Å². The molecule has 1 aliphatic heterocycles. The number of nitrogens with one attached hydrogen (secondary N) is 3. The maximum absolute atomic E-state index is 12.9. The summed E-state index contributed by atoms with van der Waals surface area (Å²) in [7, 11) is 0. The minimum atomic E-state index is -0.708. The lowest BCUT2D eigenvalue weighted by Gasteiger charge is -2.25. The van der Waals surface area contributed by atoms with E-state index in [2.05, 4.69) is 36.8 Å². The van der Waals surface area contributed by atoms with E-state index in [1.165, 1.54) is 0 Å². The molecule has 1 atom stereocenters. The summed E-state index contributed by atoms with van der Waals surface area (Å²) in [5.74, 6) is -0.339. The number of amides is 3. The van der Waals surface area contributed by atoms with Crippen LogP contribution in [0, 0.1) is 0 Å². The van der Waals surface area contributed by atoms with Crippen molar-refractivity contribution in [2.45, 2.75) is 25.3 Å². The van der Waals surface area contributed by atoms with E-state index in [1.54, 1.807) is 41.3 Å². The molecule has 4 rings (SSSR count).